The van der Waals surface area contributed by atoms with E-state index >= 15 is 0 Å². The van der Waals surface area contributed by atoms with Crippen LogP contribution in [0, 0.1) is 5.92 Å². The molecule has 3 atom stereocenters. The predicted molar refractivity (Wildman–Crippen MR) is 31.3 cm³/mol. The van der Waals surface area contributed by atoms with Gasteiger partial charge in [0.15, 0.2) is 0 Å². The van der Waals surface area contributed by atoms with Crippen molar-refractivity contribution in [2.75, 3.05) is 0 Å². The van der Waals surface area contributed by atoms with Crippen molar-refractivity contribution in [1.82, 2.24) is 0 Å². The Hall–Kier alpha value is -0.640. The van der Waals surface area contributed by atoms with E-state index in [0.29, 0.717) is 0 Å². The van der Waals surface area contributed by atoms with Crippen molar-refractivity contribution in [1.29, 1.82) is 0 Å². The first kappa shape index (κ1) is 7.47. The maximum atomic E-state index is 12.4. The molecular weight excluding hydrogens is 139 g/mol. The summed E-state index contributed by atoms with van der Waals surface area (Å²) >= 11 is 0. The van der Waals surface area contributed by atoms with Crippen LogP contribution in [0.1, 0.15) is 12.8 Å². The number of hydrogen-bond acceptors (Lipinski definition) is 2. The molecule has 1 aliphatic rings. The van der Waals surface area contributed by atoms with Crippen molar-refractivity contribution >= 4 is 5.97 Å². The van der Waals surface area contributed by atoms with E-state index in [2.05, 4.69) is 0 Å². The summed E-state index contributed by atoms with van der Waals surface area (Å²) in [6.45, 7) is 0. The molecule has 3 nitrogen and oxygen atoms in total. The van der Waals surface area contributed by atoms with E-state index in [9.17, 15) is 9.18 Å². The molecule has 1 aliphatic carbocycles. The number of aliphatic hydroxyl groups is 1. The Morgan fingerprint density at radius 3 is 2.30 bits per heavy atom. The summed E-state index contributed by atoms with van der Waals surface area (Å²) in [5.41, 5.74) is 0. The number of halogens is 1. The average Bonchev–Trinajstić information content (AvgIpc) is 2.13. The molecule has 0 aromatic carbocycles. The fourth-order valence-corrected chi connectivity index (χ4v) is 1.17. The molecule has 0 saturated heterocycles. The molecule has 1 saturated carbocycles. The summed E-state index contributed by atoms with van der Waals surface area (Å²) in [6, 6.07) is 0. The summed E-state index contributed by atoms with van der Waals surface area (Å²) in [6.07, 6.45) is -2.41. The maximum Gasteiger partial charge on any atom is 0.306 e. The van der Waals surface area contributed by atoms with Crippen LogP contribution in [0.25, 0.3) is 0 Å². The third-order valence-electron chi connectivity index (χ3n) is 1.80. The van der Waals surface area contributed by atoms with Gasteiger partial charge >= 0.3 is 5.97 Å². The number of hydrogen-bond donors (Lipinski definition) is 2. The van der Waals surface area contributed by atoms with Gasteiger partial charge in [0.25, 0.3) is 0 Å². The first-order valence-corrected chi connectivity index (χ1v) is 3.16. The third kappa shape index (κ3) is 1.26. The van der Waals surface area contributed by atoms with Crippen molar-refractivity contribution < 1.29 is 19.4 Å². The minimum Gasteiger partial charge on any atom is -0.481 e. The number of aliphatic hydroxyl groups excluding tert-OH is 1. The molecule has 1 rings (SSSR count). The molecule has 3 unspecified atom stereocenters. The fourth-order valence-electron chi connectivity index (χ4n) is 1.17. The summed E-state index contributed by atoms with van der Waals surface area (Å²) < 4.78 is 12.4. The molecule has 0 amide bonds. The standard InChI is InChI=1S/C6H9FO3/c7-4-1-3(6(9)10)2-5(4)8/h3-5,8H,1-2H2,(H,9,10). The zero-order valence-corrected chi connectivity index (χ0v) is 5.33. The van der Waals surface area contributed by atoms with Crippen LogP contribution in [0.2, 0.25) is 0 Å². The molecule has 10 heavy (non-hydrogen) atoms. The first-order chi connectivity index (χ1) is 4.61. The van der Waals surface area contributed by atoms with Gasteiger partial charge in [-0.25, -0.2) is 4.39 Å². The molecule has 0 spiro atoms. The quantitative estimate of drug-likeness (QED) is 0.557. The van der Waals surface area contributed by atoms with Crippen LogP contribution < -0.4 is 0 Å². The van der Waals surface area contributed by atoms with Gasteiger partial charge in [0.1, 0.15) is 6.17 Å². The highest BCUT2D eigenvalue weighted by molar-refractivity contribution is 5.70. The monoisotopic (exact) mass is 148 g/mol. The number of carbonyl (C=O) groups is 1. The first-order valence-electron chi connectivity index (χ1n) is 3.16. The van der Waals surface area contributed by atoms with Gasteiger partial charge in [-0.3, -0.25) is 4.79 Å². The van der Waals surface area contributed by atoms with Crippen LogP contribution in [0.5, 0.6) is 0 Å². The second-order valence-corrected chi connectivity index (χ2v) is 2.59. The number of aliphatic carboxylic acids is 1. The highest BCUT2D eigenvalue weighted by Gasteiger charge is 2.36. The maximum absolute atomic E-state index is 12.4. The molecule has 0 aromatic heterocycles. The average molecular weight is 148 g/mol. The number of carboxylic acid groups (broad SMARTS) is 1. The molecular formula is C6H9FO3. The third-order valence-corrected chi connectivity index (χ3v) is 1.80. The lowest BCUT2D eigenvalue weighted by Crippen LogP contribution is -2.12. The van der Waals surface area contributed by atoms with Crippen LogP contribution in [-0.4, -0.2) is 28.5 Å². The van der Waals surface area contributed by atoms with Crippen molar-refractivity contribution in [2.24, 2.45) is 5.92 Å². The van der Waals surface area contributed by atoms with Gasteiger partial charge in [-0.15, -0.1) is 0 Å². The van der Waals surface area contributed by atoms with E-state index in [1.807, 2.05) is 0 Å². The highest BCUT2D eigenvalue weighted by atomic mass is 19.1. The van der Waals surface area contributed by atoms with Gasteiger partial charge in [-0.2, -0.15) is 0 Å². The molecule has 0 aromatic rings. The lowest BCUT2D eigenvalue weighted by Gasteiger charge is -2.00. The fraction of sp³-hybridized carbons (Fsp3) is 0.833. The van der Waals surface area contributed by atoms with Gasteiger partial charge in [-0.05, 0) is 12.8 Å². The van der Waals surface area contributed by atoms with E-state index in [4.69, 9.17) is 10.2 Å². The van der Waals surface area contributed by atoms with Gasteiger partial charge in [0, 0.05) is 0 Å². The second kappa shape index (κ2) is 2.54. The minimum absolute atomic E-state index is 0.0451. The van der Waals surface area contributed by atoms with Crippen molar-refractivity contribution in [2.45, 2.75) is 25.1 Å². The summed E-state index contributed by atoms with van der Waals surface area (Å²) in [7, 11) is 0. The topological polar surface area (TPSA) is 57.5 Å². The number of carboxylic acids is 1. The van der Waals surface area contributed by atoms with Crippen LogP contribution >= 0.6 is 0 Å². The lowest BCUT2D eigenvalue weighted by atomic mass is 10.1. The van der Waals surface area contributed by atoms with Crippen molar-refractivity contribution in [3.05, 3.63) is 0 Å². The van der Waals surface area contributed by atoms with Crippen LogP contribution in [0.4, 0.5) is 4.39 Å². The van der Waals surface area contributed by atoms with Crippen molar-refractivity contribution in [3.8, 4) is 0 Å². The van der Waals surface area contributed by atoms with Gasteiger partial charge < -0.3 is 10.2 Å². The van der Waals surface area contributed by atoms with Crippen LogP contribution in [0.3, 0.4) is 0 Å². The Morgan fingerprint density at radius 2 is 2.10 bits per heavy atom. The van der Waals surface area contributed by atoms with E-state index in [1.165, 1.54) is 0 Å². The number of alkyl halides is 1. The molecule has 0 bridgehead atoms. The molecule has 4 heteroatoms. The zero-order valence-electron chi connectivity index (χ0n) is 5.33. The Bertz CT molecular complexity index is 138. The Balaban J connectivity index is 2.49. The summed E-state index contributed by atoms with van der Waals surface area (Å²) in [5, 5.41) is 17.1. The van der Waals surface area contributed by atoms with Crippen LogP contribution in [-0.2, 0) is 4.79 Å². The lowest BCUT2D eigenvalue weighted by molar-refractivity contribution is -0.141. The zero-order chi connectivity index (χ0) is 7.72. The van der Waals surface area contributed by atoms with E-state index < -0.39 is 24.2 Å². The molecule has 0 heterocycles. The SMILES string of the molecule is O=C(O)C1CC(O)C(F)C1. The highest BCUT2D eigenvalue weighted by Crippen LogP contribution is 2.28. The minimum atomic E-state index is -1.35. The van der Waals surface area contributed by atoms with Gasteiger partial charge in [0.2, 0.25) is 0 Å². The molecule has 0 radical (unpaired) electrons. The van der Waals surface area contributed by atoms with E-state index in [0.717, 1.165) is 0 Å². The molecule has 2 N–H and O–H groups in total. The Morgan fingerprint density at radius 1 is 1.50 bits per heavy atom. The summed E-state index contributed by atoms with van der Waals surface area (Å²) in [4.78, 5) is 10.2. The molecule has 58 valence electrons. The molecule has 0 aliphatic heterocycles. The van der Waals surface area contributed by atoms with Crippen molar-refractivity contribution in [3.63, 3.8) is 0 Å². The molecule has 1 fully saturated rings. The largest absolute Gasteiger partial charge is 0.481 e. The smallest absolute Gasteiger partial charge is 0.306 e. The summed E-state index contributed by atoms with van der Waals surface area (Å²) in [5.74, 6) is -1.70. The van der Waals surface area contributed by atoms with Crippen LogP contribution in [0.15, 0.2) is 0 Å². The van der Waals surface area contributed by atoms with Gasteiger partial charge in [-0.1, -0.05) is 0 Å². The van der Waals surface area contributed by atoms with E-state index in [1.54, 1.807) is 0 Å². The second-order valence-electron chi connectivity index (χ2n) is 2.59. The normalized spacial score (nSPS) is 40.0. The predicted octanol–water partition coefficient (Wildman–Crippen LogP) is 0.180. The van der Waals surface area contributed by atoms with E-state index in [-0.39, 0.29) is 12.8 Å². The Kier molecular flexibility index (Phi) is 1.89. The Labute approximate surface area is 57.5 Å². The number of rotatable bonds is 1. The van der Waals surface area contributed by atoms with Gasteiger partial charge in [0.05, 0.1) is 12.0 Å².